The summed E-state index contributed by atoms with van der Waals surface area (Å²) in [5.74, 6) is 0.176. The number of aromatic nitrogens is 1. The van der Waals surface area contributed by atoms with Crippen molar-refractivity contribution in [3.63, 3.8) is 0 Å². The Bertz CT molecular complexity index is 467. The summed E-state index contributed by atoms with van der Waals surface area (Å²) in [6, 6.07) is 1.56. The predicted molar refractivity (Wildman–Crippen MR) is 71.6 cm³/mol. The number of rotatable bonds is 3. The van der Waals surface area contributed by atoms with Crippen molar-refractivity contribution in [2.45, 2.75) is 25.9 Å². The first-order valence-electron chi connectivity index (χ1n) is 6.37. The van der Waals surface area contributed by atoms with Gasteiger partial charge in [0.1, 0.15) is 5.02 Å². The molecular weight excluding hydrogens is 268 g/mol. The van der Waals surface area contributed by atoms with Crippen LogP contribution in [0, 0.1) is 0 Å². The molecule has 0 aliphatic carbocycles. The summed E-state index contributed by atoms with van der Waals surface area (Å²) in [7, 11) is 0. The molecule has 1 saturated heterocycles. The molecule has 0 saturated carbocycles. The normalized spacial score (nSPS) is 19.3. The minimum absolute atomic E-state index is 0.156. The Morgan fingerprint density at radius 1 is 1.68 bits per heavy atom. The molecule has 1 unspecified atom stereocenters. The van der Waals surface area contributed by atoms with E-state index in [0.29, 0.717) is 36.2 Å². The number of hydrogen-bond donors (Lipinski definition) is 1. The predicted octanol–water partition coefficient (Wildman–Crippen LogP) is 1.73. The van der Waals surface area contributed by atoms with E-state index < -0.39 is 6.10 Å². The second kappa shape index (κ2) is 6.21. The molecule has 1 N–H and O–H groups in total. The highest BCUT2D eigenvalue weighted by atomic mass is 35.5. The quantitative estimate of drug-likeness (QED) is 0.918. The van der Waals surface area contributed by atoms with Crippen molar-refractivity contribution in [3.05, 3.63) is 22.8 Å². The van der Waals surface area contributed by atoms with Crippen molar-refractivity contribution in [1.82, 2.24) is 9.88 Å². The van der Waals surface area contributed by atoms with Gasteiger partial charge in [0.05, 0.1) is 18.3 Å². The van der Waals surface area contributed by atoms with Crippen LogP contribution in [0.1, 0.15) is 30.1 Å². The Labute approximate surface area is 117 Å². The minimum atomic E-state index is -0.441. The van der Waals surface area contributed by atoms with Crippen LogP contribution in [-0.2, 0) is 0 Å². The maximum atomic E-state index is 12.2. The van der Waals surface area contributed by atoms with Crippen LogP contribution in [0.2, 0.25) is 5.02 Å². The first-order chi connectivity index (χ1) is 9.11. The first-order valence-corrected chi connectivity index (χ1v) is 6.75. The van der Waals surface area contributed by atoms with E-state index in [1.54, 1.807) is 11.0 Å². The smallest absolute Gasteiger partial charge is 0.255 e. The summed E-state index contributed by atoms with van der Waals surface area (Å²) in [6.07, 6.45) is 2.57. The Morgan fingerprint density at radius 3 is 3.11 bits per heavy atom. The third-order valence-corrected chi connectivity index (χ3v) is 3.29. The second-order valence-corrected chi connectivity index (χ2v) is 4.90. The van der Waals surface area contributed by atoms with Crippen LogP contribution in [0.4, 0.5) is 0 Å². The molecule has 104 valence electrons. The molecule has 5 nitrogen and oxygen atoms in total. The molecule has 1 aromatic heterocycles. The number of amides is 1. The molecule has 0 bridgehead atoms. The minimum Gasteiger partial charge on any atom is -0.477 e. The van der Waals surface area contributed by atoms with Gasteiger partial charge in [-0.05, 0) is 25.8 Å². The summed E-state index contributed by atoms with van der Waals surface area (Å²) in [4.78, 5) is 17.9. The first kappa shape index (κ1) is 14.1. The molecule has 0 spiro atoms. The average molecular weight is 285 g/mol. The number of aliphatic hydroxyl groups excluding tert-OH is 1. The number of carbonyl (C=O) groups is 1. The number of β-amino-alcohol motifs (C(OH)–C–C–N with tert-alkyl or cyclic N) is 1. The zero-order chi connectivity index (χ0) is 13.8. The highest BCUT2D eigenvalue weighted by Gasteiger charge is 2.23. The molecule has 0 aromatic carbocycles. The number of piperidine rings is 1. The molecule has 19 heavy (non-hydrogen) atoms. The van der Waals surface area contributed by atoms with Gasteiger partial charge in [0.2, 0.25) is 5.88 Å². The van der Waals surface area contributed by atoms with Crippen LogP contribution < -0.4 is 4.74 Å². The van der Waals surface area contributed by atoms with Crippen LogP contribution >= 0.6 is 11.6 Å². The van der Waals surface area contributed by atoms with Crippen LogP contribution in [-0.4, -0.2) is 46.7 Å². The molecule has 2 heterocycles. The summed E-state index contributed by atoms with van der Waals surface area (Å²) in [5, 5.41) is 9.91. The van der Waals surface area contributed by atoms with Crippen LogP contribution in [0.3, 0.4) is 0 Å². The zero-order valence-electron chi connectivity index (χ0n) is 10.8. The maximum absolute atomic E-state index is 12.2. The van der Waals surface area contributed by atoms with Gasteiger partial charge in [0.15, 0.2) is 0 Å². The number of halogens is 1. The lowest BCUT2D eigenvalue weighted by Crippen LogP contribution is -2.42. The molecule has 1 fully saturated rings. The Morgan fingerprint density at radius 2 is 2.47 bits per heavy atom. The third kappa shape index (κ3) is 3.36. The van der Waals surface area contributed by atoms with E-state index in [-0.39, 0.29) is 5.91 Å². The van der Waals surface area contributed by atoms with E-state index in [1.165, 1.54) is 6.20 Å². The van der Waals surface area contributed by atoms with Gasteiger partial charge in [0.25, 0.3) is 5.91 Å². The Kier molecular flexibility index (Phi) is 4.61. The van der Waals surface area contributed by atoms with E-state index in [4.69, 9.17) is 16.3 Å². The SMILES string of the molecule is CCOc1ncc(C(=O)N2CCCC(O)C2)cc1Cl. The summed E-state index contributed by atoms with van der Waals surface area (Å²) >= 11 is 6.01. The largest absolute Gasteiger partial charge is 0.477 e. The number of pyridine rings is 1. The van der Waals surface area contributed by atoms with Gasteiger partial charge >= 0.3 is 0 Å². The summed E-state index contributed by atoms with van der Waals surface area (Å²) in [6.45, 7) is 3.33. The number of nitrogens with zero attached hydrogens (tertiary/aromatic N) is 2. The molecule has 1 aliphatic rings. The van der Waals surface area contributed by atoms with Crippen molar-refractivity contribution < 1.29 is 14.6 Å². The molecule has 1 amide bonds. The molecule has 2 rings (SSSR count). The number of aliphatic hydroxyl groups is 1. The number of carbonyl (C=O) groups excluding carboxylic acids is 1. The highest BCUT2D eigenvalue weighted by Crippen LogP contribution is 2.23. The van der Waals surface area contributed by atoms with Gasteiger partial charge in [-0.15, -0.1) is 0 Å². The van der Waals surface area contributed by atoms with Gasteiger partial charge < -0.3 is 14.7 Å². The monoisotopic (exact) mass is 284 g/mol. The topological polar surface area (TPSA) is 62.7 Å². The van der Waals surface area contributed by atoms with Crippen molar-refractivity contribution in [1.29, 1.82) is 0 Å². The number of ether oxygens (including phenoxy) is 1. The maximum Gasteiger partial charge on any atom is 0.255 e. The van der Waals surface area contributed by atoms with E-state index in [1.807, 2.05) is 6.92 Å². The Hall–Kier alpha value is -1.33. The van der Waals surface area contributed by atoms with Gasteiger partial charge in [0, 0.05) is 19.3 Å². The van der Waals surface area contributed by atoms with Crippen molar-refractivity contribution in [2.75, 3.05) is 19.7 Å². The number of likely N-dealkylation sites (tertiary alicyclic amines) is 1. The van der Waals surface area contributed by atoms with Crippen molar-refractivity contribution >= 4 is 17.5 Å². The molecule has 1 aromatic rings. The highest BCUT2D eigenvalue weighted by molar-refractivity contribution is 6.32. The standard InChI is InChI=1S/C13H17ClN2O3/c1-2-19-12-11(14)6-9(7-15-12)13(18)16-5-3-4-10(17)8-16/h6-7,10,17H,2-5,8H2,1H3. The fourth-order valence-electron chi connectivity index (χ4n) is 2.11. The molecule has 1 aliphatic heterocycles. The van der Waals surface area contributed by atoms with Crippen LogP contribution in [0.25, 0.3) is 0 Å². The van der Waals surface area contributed by atoms with E-state index in [2.05, 4.69) is 4.98 Å². The van der Waals surface area contributed by atoms with Gasteiger partial charge in [-0.1, -0.05) is 11.6 Å². The average Bonchev–Trinajstić information content (AvgIpc) is 2.40. The zero-order valence-corrected chi connectivity index (χ0v) is 11.6. The van der Waals surface area contributed by atoms with Crippen LogP contribution in [0.15, 0.2) is 12.3 Å². The summed E-state index contributed by atoms with van der Waals surface area (Å²) < 4.78 is 5.23. The fraction of sp³-hybridized carbons (Fsp3) is 0.538. The van der Waals surface area contributed by atoms with E-state index in [9.17, 15) is 9.90 Å². The van der Waals surface area contributed by atoms with Crippen LogP contribution in [0.5, 0.6) is 5.88 Å². The Balaban J connectivity index is 2.12. The van der Waals surface area contributed by atoms with Gasteiger partial charge in [-0.25, -0.2) is 4.98 Å². The van der Waals surface area contributed by atoms with E-state index in [0.717, 1.165) is 12.8 Å². The van der Waals surface area contributed by atoms with Crippen molar-refractivity contribution in [3.8, 4) is 5.88 Å². The fourth-order valence-corrected chi connectivity index (χ4v) is 2.33. The third-order valence-electron chi connectivity index (χ3n) is 3.02. The molecule has 0 radical (unpaired) electrons. The van der Waals surface area contributed by atoms with Gasteiger partial charge in [-0.2, -0.15) is 0 Å². The molecule has 6 heteroatoms. The lowest BCUT2D eigenvalue weighted by Gasteiger charge is -2.30. The van der Waals surface area contributed by atoms with Crippen molar-refractivity contribution in [2.24, 2.45) is 0 Å². The van der Waals surface area contributed by atoms with E-state index >= 15 is 0 Å². The number of hydrogen-bond acceptors (Lipinski definition) is 4. The molecule has 1 atom stereocenters. The lowest BCUT2D eigenvalue weighted by atomic mass is 10.1. The summed E-state index contributed by atoms with van der Waals surface area (Å²) in [5.41, 5.74) is 0.419. The second-order valence-electron chi connectivity index (χ2n) is 4.49. The lowest BCUT2D eigenvalue weighted by molar-refractivity contribution is 0.0473. The van der Waals surface area contributed by atoms with Gasteiger partial charge in [-0.3, -0.25) is 4.79 Å². The molecular formula is C13H17ClN2O3.